The van der Waals surface area contributed by atoms with E-state index in [1.54, 1.807) is 0 Å². The van der Waals surface area contributed by atoms with Crippen molar-refractivity contribution >= 4 is 5.78 Å². The fourth-order valence-corrected chi connectivity index (χ4v) is 2.80. The first-order valence-corrected chi connectivity index (χ1v) is 6.54. The molecule has 1 aromatic carbocycles. The maximum atomic E-state index is 12.3. The predicted octanol–water partition coefficient (Wildman–Crippen LogP) is 2.81. The summed E-state index contributed by atoms with van der Waals surface area (Å²) in [6, 6.07) is 8.45. The minimum absolute atomic E-state index is 0.347. The SMILES string of the molecule is CCc1cccc([C@@]2(NC)CCCCC2=O)c1. The Labute approximate surface area is 103 Å². The zero-order valence-electron chi connectivity index (χ0n) is 10.8. The third-order valence-electron chi connectivity index (χ3n) is 3.94. The van der Waals surface area contributed by atoms with Crippen LogP contribution < -0.4 is 5.32 Å². The molecule has 0 spiro atoms. The van der Waals surface area contributed by atoms with Crippen LogP contribution in [-0.4, -0.2) is 12.8 Å². The van der Waals surface area contributed by atoms with Crippen LogP contribution in [0.3, 0.4) is 0 Å². The van der Waals surface area contributed by atoms with Gasteiger partial charge in [-0.1, -0.05) is 37.6 Å². The molecule has 0 radical (unpaired) electrons. The number of ketones is 1. The summed E-state index contributed by atoms with van der Waals surface area (Å²) < 4.78 is 0. The molecule has 0 aromatic heterocycles. The molecule has 17 heavy (non-hydrogen) atoms. The largest absolute Gasteiger partial charge is 0.304 e. The summed E-state index contributed by atoms with van der Waals surface area (Å²) in [4.78, 5) is 12.3. The summed E-state index contributed by atoms with van der Waals surface area (Å²) in [5.41, 5.74) is 2.02. The van der Waals surface area contributed by atoms with Gasteiger partial charge in [-0.15, -0.1) is 0 Å². The van der Waals surface area contributed by atoms with Gasteiger partial charge in [0.2, 0.25) is 0 Å². The fourth-order valence-electron chi connectivity index (χ4n) is 2.80. The molecule has 2 heteroatoms. The van der Waals surface area contributed by atoms with Crippen molar-refractivity contribution in [1.82, 2.24) is 5.32 Å². The van der Waals surface area contributed by atoms with Crippen LogP contribution in [0, 0.1) is 0 Å². The van der Waals surface area contributed by atoms with Crippen LogP contribution in [0.4, 0.5) is 0 Å². The first kappa shape index (κ1) is 12.3. The Morgan fingerprint density at radius 2 is 2.18 bits per heavy atom. The zero-order chi connectivity index (χ0) is 12.3. The number of carbonyl (C=O) groups excluding carboxylic acids is 1. The molecule has 0 saturated heterocycles. The second-order valence-electron chi connectivity index (χ2n) is 4.84. The molecule has 0 unspecified atom stereocenters. The topological polar surface area (TPSA) is 29.1 Å². The van der Waals surface area contributed by atoms with E-state index in [1.165, 1.54) is 5.56 Å². The number of aryl methyl sites for hydroxylation is 1. The van der Waals surface area contributed by atoms with Crippen LogP contribution in [0.25, 0.3) is 0 Å². The van der Waals surface area contributed by atoms with Gasteiger partial charge in [0.25, 0.3) is 0 Å². The summed E-state index contributed by atoms with van der Waals surface area (Å²) in [5.74, 6) is 0.347. The lowest BCUT2D eigenvalue weighted by Crippen LogP contribution is -2.49. The van der Waals surface area contributed by atoms with E-state index in [0.29, 0.717) is 12.2 Å². The molecule has 0 aliphatic heterocycles. The molecule has 92 valence electrons. The van der Waals surface area contributed by atoms with Gasteiger partial charge >= 0.3 is 0 Å². The number of nitrogens with one attached hydrogen (secondary N) is 1. The maximum absolute atomic E-state index is 12.3. The molecule has 0 bridgehead atoms. The summed E-state index contributed by atoms with van der Waals surface area (Å²) in [5, 5.41) is 3.29. The Morgan fingerprint density at radius 3 is 2.82 bits per heavy atom. The van der Waals surface area contributed by atoms with Gasteiger partial charge in [0.05, 0.1) is 0 Å². The van der Waals surface area contributed by atoms with Crippen molar-refractivity contribution in [2.75, 3.05) is 7.05 Å². The Morgan fingerprint density at radius 1 is 1.35 bits per heavy atom. The average Bonchev–Trinajstić information content (AvgIpc) is 2.40. The Hall–Kier alpha value is -1.15. The van der Waals surface area contributed by atoms with Gasteiger partial charge in [-0.3, -0.25) is 4.79 Å². The van der Waals surface area contributed by atoms with Crippen LogP contribution in [0.15, 0.2) is 24.3 Å². The van der Waals surface area contributed by atoms with Gasteiger partial charge in [0.1, 0.15) is 5.54 Å². The molecular formula is C15H21NO. The molecule has 1 aromatic rings. The molecule has 1 atom stereocenters. The first-order chi connectivity index (χ1) is 8.23. The number of Topliss-reactive ketones (excluding diaryl/α,β-unsaturated/α-hetero) is 1. The van der Waals surface area contributed by atoms with E-state index >= 15 is 0 Å². The molecule has 1 saturated carbocycles. The van der Waals surface area contributed by atoms with Gasteiger partial charge in [-0.2, -0.15) is 0 Å². The summed E-state index contributed by atoms with van der Waals surface area (Å²) >= 11 is 0. The minimum Gasteiger partial charge on any atom is -0.304 e. The second-order valence-corrected chi connectivity index (χ2v) is 4.84. The van der Waals surface area contributed by atoms with Gasteiger partial charge in [0.15, 0.2) is 5.78 Å². The van der Waals surface area contributed by atoms with Crippen LogP contribution in [-0.2, 0) is 16.8 Å². The fraction of sp³-hybridized carbons (Fsp3) is 0.533. The highest BCUT2D eigenvalue weighted by atomic mass is 16.1. The molecule has 2 nitrogen and oxygen atoms in total. The summed E-state index contributed by atoms with van der Waals surface area (Å²) in [6.07, 6.45) is 4.81. The number of carbonyl (C=O) groups is 1. The van der Waals surface area contributed by atoms with E-state index in [9.17, 15) is 4.79 Å². The number of rotatable bonds is 3. The molecule has 2 rings (SSSR count). The van der Waals surface area contributed by atoms with Crippen molar-refractivity contribution in [3.63, 3.8) is 0 Å². The van der Waals surface area contributed by atoms with Crippen LogP contribution in [0.2, 0.25) is 0 Å². The lowest BCUT2D eigenvalue weighted by molar-refractivity contribution is -0.127. The second kappa shape index (κ2) is 5.01. The van der Waals surface area contributed by atoms with Gasteiger partial charge < -0.3 is 5.32 Å². The van der Waals surface area contributed by atoms with Crippen molar-refractivity contribution in [3.05, 3.63) is 35.4 Å². The molecule has 1 fully saturated rings. The lowest BCUT2D eigenvalue weighted by atomic mass is 9.75. The van der Waals surface area contributed by atoms with Crippen molar-refractivity contribution in [1.29, 1.82) is 0 Å². The van der Waals surface area contributed by atoms with E-state index in [-0.39, 0.29) is 0 Å². The van der Waals surface area contributed by atoms with Crippen LogP contribution >= 0.6 is 0 Å². The first-order valence-electron chi connectivity index (χ1n) is 6.54. The molecule has 1 aliphatic carbocycles. The van der Waals surface area contributed by atoms with Gasteiger partial charge in [-0.05, 0) is 37.4 Å². The van der Waals surface area contributed by atoms with Crippen LogP contribution in [0.5, 0.6) is 0 Å². The molecule has 1 aliphatic rings. The third kappa shape index (κ3) is 2.14. The number of likely N-dealkylation sites (N-methyl/N-ethyl adjacent to an activating group) is 1. The van der Waals surface area contributed by atoms with Crippen molar-refractivity contribution in [3.8, 4) is 0 Å². The maximum Gasteiger partial charge on any atom is 0.157 e. The highest BCUT2D eigenvalue weighted by molar-refractivity contribution is 5.90. The van der Waals surface area contributed by atoms with Gasteiger partial charge in [0, 0.05) is 6.42 Å². The van der Waals surface area contributed by atoms with E-state index in [0.717, 1.165) is 31.2 Å². The van der Waals surface area contributed by atoms with Gasteiger partial charge in [-0.25, -0.2) is 0 Å². The number of benzene rings is 1. The quantitative estimate of drug-likeness (QED) is 0.866. The Bertz CT molecular complexity index is 413. The molecule has 0 amide bonds. The number of hydrogen-bond donors (Lipinski definition) is 1. The molecule has 0 heterocycles. The average molecular weight is 231 g/mol. The van der Waals surface area contributed by atoms with E-state index < -0.39 is 5.54 Å². The van der Waals surface area contributed by atoms with Crippen LogP contribution in [0.1, 0.15) is 43.7 Å². The zero-order valence-corrected chi connectivity index (χ0v) is 10.8. The standard InChI is InChI=1S/C15H21NO/c1-3-12-7-6-8-13(11-12)15(16-2)10-5-4-9-14(15)17/h6-8,11,16H,3-5,9-10H2,1-2H3/t15-/m0/s1. The van der Waals surface area contributed by atoms with E-state index in [2.05, 4.69) is 36.5 Å². The summed E-state index contributed by atoms with van der Waals surface area (Å²) in [6.45, 7) is 2.15. The van der Waals surface area contributed by atoms with Crippen molar-refractivity contribution < 1.29 is 4.79 Å². The van der Waals surface area contributed by atoms with E-state index in [4.69, 9.17) is 0 Å². The normalized spacial score (nSPS) is 24.9. The Balaban J connectivity index is 2.42. The predicted molar refractivity (Wildman–Crippen MR) is 70.0 cm³/mol. The smallest absolute Gasteiger partial charge is 0.157 e. The monoisotopic (exact) mass is 231 g/mol. The highest BCUT2D eigenvalue weighted by Gasteiger charge is 2.39. The summed E-state index contributed by atoms with van der Waals surface area (Å²) in [7, 11) is 1.90. The number of hydrogen-bond acceptors (Lipinski definition) is 2. The Kier molecular flexibility index (Phi) is 3.63. The third-order valence-corrected chi connectivity index (χ3v) is 3.94. The molecule has 1 N–H and O–H groups in total. The lowest BCUT2D eigenvalue weighted by Gasteiger charge is -2.36. The van der Waals surface area contributed by atoms with E-state index in [1.807, 2.05) is 7.05 Å². The van der Waals surface area contributed by atoms with Crippen molar-refractivity contribution in [2.45, 2.75) is 44.6 Å². The highest BCUT2D eigenvalue weighted by Crippen LogP contribution is 2.34. The minimum atomic E-state index is -0.427. The van der Waals surface area contributed by atoms with Crippen molar-refractivity contribution in [2.24, 2.45) is 0 Å². The molecular weight excluding hydrogens is 210 g/mol.